The number of aliphatic carboxylic acids is 1. The molecule has 1 fully saturated rings. The van der Waals surface area contributed by atoms with Gasteiger partial charge in [0, 0.05) is 6.42 Å². The van der Waals surface area contributed by atoms with Gasteiger partial charge in [0.15, 0.2) is 6.10 Å². The van der Waals surface area contributed by atoms with E-state index in [2.05, 4.69) is 4.74 Å². The van der Waals surface area contributed by atoms with Gasteiger partial charge in [-0.25, -0.2) is 4.79 Å². The normalized spacial score (nSPS) is 26.1. The molecule has 14 heavy (non-hydrogen) atoms. The van der Waals surface area contributed by atoms with Gasteiger partial charge in [0.1, 0.15) is 0 Å². The highest BCUT2D eigenvalue weighted by Crippen LogP contribution is 2.23. The summed E-state index contributed by atoms with van der Waals surface area (Å²) in [6, 6.07) is 0. The SMILES string of the molecule is COC(=O)CC[C@@H]1CC[C@@H](C(=O)O)O1. The average molecular weight is 202 g/mol. The number of carboxylic acid groups (broad SMARTS) is 1. The number of methoxy groups -OCH3 is 1. The molecule has 5 heteroatoms. The lowest BCUT2D eigenvalue weighted by molar-refractivity contribution is -0.149. The van der Waals surface area contributed by atoms with E-state index in [1.165, 1.54) is 7.11 Å². The largest absolute Gasteiger partial charge is 0.479 e. The maximum atomic E-state index is 10.8. The fourth-order valence-corrected chi connectivity index (χ4v) is 1.48. The first-order chi connectivity index (χ1) is 6.63. The van der Waals surface area contributed by atoms with Gasteiger partial charge in [-0.15, -0.1) is 0 Å². The minimum Gasteiger partial charge on any atom is -0.479 e. The molecule has 1 aliphatic heterocycles. The summed E-state index contributed by atoms with van der Waals surface area (Å²) in [6.07, 6.45) is 1.24. The van der Waals surface area contributed by atoms with Crippen molar-refractivity contribution >= 4 is 11.9 Å². The Labute approximate surface area is 82.0 Å². The highest BCUT2D eigenvalue weighted by molar-refractivity contribution is 5.72. The van der Waals surface area contributed by atoms with Crippen molar-refractivity contribution in [3.63, 3.8) is 0 Å². The quantitative estimate of drug-likeness (QED) is 0.675. The summed E-state index contributed by atoms with van der Waals surface area (Å²) in [5.41, 5.74) is 0. The summed E-state index contributed by atoms with van der Waals surface area (Å²) in [6.45, 7) is 0. The molecule has 0 aromatic carbocycles. The van der Waals surface area contributed by atoms with Crippen molar-refractivity contribution in [3.8, 4) is 0 Å². The molecule has 0 aromatic heterocycles. The number of hydrogen-bond acceptors (Lipinski definition) is 4. The number of esters is 1. The van der Waals surface area contributed by atoms with E-state index >= 15 is 0 Å². The lowest BCUT2D eigenvalue weighted by Gasteiger charge is -2.09. The van der Waals surface area contributed by atoms with Crippen LogP contribution in [-0.4, -0.2) is 36.4 Å². The van der Waals surface area contributed by atoms with Gasteiger partial charge in [-0.2, -0.15) is 0 Å². The molecular formula is C9H14O5. The van der Waals surface area contributed by atoms with Crippen LogP contribution in [0, 0.1) is 0 Å². The Morgan fingerprint density at radius 2 is 2.21 bits per heavy atom. The third-order valence-corrected chi connectivity index (χ3v) is 2.28. The predicted octanol–water partition coefficient (Wildman–Crippen LogP) is 0.572. The molecule has 0 spiro atoms. The molecule has 0 radical (unpaired) electrons. The minimum absolute atomic E-state index is 0.116. The topological polar surface area (TPSA) is 72.8 Å². The van der Waals surface area contributed by atoms with Crippen molar-refractivity contribution in [2.75, 3.05) is 7.11 Å². The van der Waals surface area contributed by atoms with E-state index in [-0.39, 0.29) is 18.5 Å². The lowest BCUT2D eigenvalue weighted by atomic mass is 10.1. The Morgan fingerprint density at radius 3 is 2.71 bits per heavy atom. The molecule has 80 valence electrons. The van der Waals surface area contributed by atoms with Crippen LogP contribution in [0.1, 0.15) is 25.7 Å². The van der Waals surface area contributed by atoms with Crippen LogP contribution in [0.2, 0.25) is 0 Å². The maximum absolute atomic E-state index is 10.8. The maximum Gasteiger partial charge on any atom is 0.332 e. The summed E-state index contributed by atoms with van der Waals surface area (Å²) in [4.78, 5) is 21.3. The zero-order valence-electron chi connectivity index (χ0n) is 8.06. The molecule has 1 rings (SSSR count). The molecule has 1 heterocycles. The number of rotatable bonds is 4. The summed E-state index contributed by atoms with van der Waals surface area (Å²) >= 11 is 0. The first-order valence-corrected chi connectivity index (χ1v) is 4.58. The van der Waals surface area contributed by atoms with Gasteiger partial charge in [-0.3, -0.25) is 4.79 Å². The van der Waals surface area contributed by atoms with E-state index in [9.17, 15) is 9.59 Å². The van der Waals surface area contributed by atoms with Crippen molar-refractivity contribution in [1.29, 1.82) is 0 Å². The summed E-state index contributed by atoms with van der Waals surface area (Å²) < 4.78 is 9.68. The van der Waals surface area contributed by atoms with Crippen molar-refractivity contribution in [2.45, 2.75) is 37.9 Å². The molecule has 0 aromatic rings. The molecule has 0 bridgehead atoms. The third kappa shape index (κ3) is 2.99. The fraction of sp³-hybridized carbons (Fsp3) is 0.778. The number of carboxylic acids is 1. The summed E-state index contributed by atoms with van der Waals surface area (Å²) in [5, 5.41) is 8.64. The van der Waals surface area contributed by atoms with E-state index in [4.69, 9.17) is 9.84 Å². The van der Waals surface area contributed by atoms with Crippen molar-refractivity contribution in [2.24, 2.45) is 0 Å². The Morgan fingerprint density at radius 1 is 1.50 bits per heavy atom. The molecule has 1 saturated heterocycles. The zero-order valence-corrected chi connectivity index (χ0v) is 8.06. The van der Waals surface area contributed by atoms with Crippen LogP contribution in [0.25, 0.3) is 0 Å². The Kier molecular flexibility index (Phi) is 3.88. The van der Waals surface area contributed by atoms with Gasteiger partial charge in [-0.05, 0) is 19.3 Å². The van der Waals surface area contributed by atoms with Crippen molar-refractivity contribution < 1.29 is 24.2 Å². The standard InChI is InChI=1S/C9H14O5/c1-13-8(10)5-3-6-2-4-7(14-6)9(11)12/h6-7H,2-5H2,1H3,(H,11,12)/t6-,7-/m0/s1. The van der Waals surface area contributed by atoms with Crippen molar-refractivity contribution in [1.82, 2.24) is 0 Å². The second kappa shape index (κ2) is 4.95. The van der Waals surface area contributed by atoms with Gasteiger partial charge in [0.25, 0.3) is 0 Å². The van der Waals surface area contributed by atoms with Gasteiger partial charge < -0.3 is 14.6 Å². The minimum atomic E-state index is -0.925. The number of carbonyl (C=O) groups is 2. The Bertz CT molecular complexity index is 225. The fourth-order valence-electron chi connectivity index (χ4n) is 1.48. The second-order valence-corrected chi connectivity index (χ2v) is 3.28. The molecule has 0 aliphatic carbocycles. The molecule has 0 saturated carbocycles. The Balaban J connectivity index is 2.22. The predicted molar refractivity (Wildman–Crippen MR) is 46.8 cm³/mol. The number of hydrogen-bond donors (Lipinski definition) is 1. The van der Waals surface area contributed by atoms with Crippen LogP contribution in [0.4, 0.5) is 0 Å². The van der Waals surface area contributed by atoms with E-state index in [0.29, 0.717) is 19.3 Å². The van der Waals surface area contributed by atoms with E-state index in [1.54, 1.807) is 0 Å². The first kappa shape index (κ1) is 11.0. The van der Waals surface area contributed by atoms with E-state index < -0.39 is 12.1 Å². The monoisotopic (exact) mass is 202 g/mol. The molecule has 1 N–H and O–H groups in total. The van der Waals surface area contributed by atoms with Crippen LogP contribution in [-0.2, 0) is 19.1 Å². The van der Waals surface area contributed by atoms with Crippen LogP contribution in [0.3, 0.4) is 0 Å². The van der Waals surface area contributed by atoms with Gasteiger partial charge in [0.05, 0.1) is 13.2 Å². The van der Waals surface area contributed by atoms with Gasteiger partial charge in [-0.1, -0.05) is 0 Å². The van der Waals surface area contributed by atoms with Crippen molar-refractivity contribution in [3.05, 3.63) is 0 Å². The molecule has 0 amide bonds. The van der Waals surface area contributed by atoms with E-state index in [1.807, 2.05) is 0 Å². The van der Waals surface area contributed by atoms with Gasteiger partial charge in [0.2, 0.25) is 0 Å². The lowest BCUT2D eigenvalue weighted by Crippen LogP contribution is -2.20. The number of carbonyl (C=O) groups excluding carboxylic acids is 1. The summed E-state index contributed by atoms with van der Waals surface area (Å²) in [5.74, 6) is -1.21. The third-order valence-electron chi connectivity index (χ3n) is 2.28. The van der Waals surface area contributed by atoms with Gasteiger partial charge >= 0.3 is 11.9 Å². The highest BCUT2D eigenvalue weighted by Gasteiger charge is 2.30. The average Bonchev–Trinajstić information content (AvgIpc) is 2.62. The first-order valence-electron chi connectivity index (χ1n) is 4.58. The van der Waals surface area contributed by atoms with Crippen LogP contribution in [0.5, 0.6) is 0 Å². The molecule has 2 atom stereocenters. The number of ether oxygens (including phenoxy) is 2. The second-order valence-electron chi connectivity index (χ2n) is 3.28. The Hall–Kier alpha value is -1.10. The highest BCUT2D eigenvalue weighted by atomic mass is 16.5. The zero-order chi connectivity index (χ0) is 10.6. The van der Waals surface area contributed by atoms with Crippen LogP contribution < -0.4 is 0 Å². The summed E-state index contributed by atoms with van der Waals surface area (Å²) in [7, 11) is 1.33. The molecule has 0 unspecified atom stereocenters. The van der Waals surface area contributed by atoms with E-state index in [0.717, 1.165) is 0 Å². The van der Waals surface area contributed by atoms with Crippen LogP contribution in [0.15, 0.2) is 0 Å². The molecule has 5 nitrogen and oxygen atoms in total. The van der Waals surface area contributed by atoms with Crippen LogP contribution >= 0.6 is 0 Å². The molecule has 1 aliphatic rings. The smallest absolute Gasteiger partial charge is 0.332 e. The molecular weight excluding hydrogens is 188 g/mol.